The van der Waals surface area contributed by atoms with Crippen molar-refractivity contribution in [2.24, 2.45) is 5.41 Å². The lowest BCUT2D eigenvalue weighted by Gasteiger charge is -2.24. The number of nitrogens with zero attached hydrogens (tertiary/aromatic N) is 5. The van der Waals surface area contributed by atoms with Crippen molar-refractivity contribution < 1.29 is 4.79 Å². The van der Waals surface area contributed by atoms with Gasteiger partial charge in [-0.15, -0.1) is 0 Å². The number of hydrogen-bond donors (Lipinski definition) is 1. The van der Waals surface area contributed by atoms with Gasteiger partial charge in [-0.05, 0) is 69.1 Å². The van der Waals surface area contributed by atoms with Gasteiger partial charge in [0.2, 0.25) is 0 Å². The Labute approximate surface area is 177 Å². The van der Waals surface area contributed by atoms with E-state index in [2.05, 4.69) is 57.6 Å². The van der Waals surface area contributed by atoms with Gasteiger partial charge in [-0.2, -0.15) is 5.10 Å². The summed E-state index contributed by atoms with van der Waals surface area (Å²) in [6.45, 7) is 12.1. The molecule has 3 aromatic rings. The largest absolute Gasteiger partial charge is 0.337 e. The SMILES string of the molecule is CCN1CCC2(CCN(C(=O)c3cc(Cn4cnc5cc(C)c(C)cc54)[nH]n3)C2)C1. The lowest BCUT2D eigenvalue weighted by atomic mass is 9.86. The molecule has 2 aromatic heterocycles. The van der Waals surface area contributed by atoms with E-state index in [1.54, 1.807) is 0 Å². The maximum absolute atomic E-state index is 13.1. The van der Waals surface area contributed by atoms with Gasteiger partial charge in [-0.1, -0.05) is 6.92 Å². The first-order valence-electron chi connectivity index (χ1n) is 10.9. The van der Waals surface area contributed by atoms with E-state index in [1.165, 1.54) is 17.5 Å². The number of aromatic amines is 1. The predicted molar refractivity (Wildman–Crippen MR) is 117 cm³/mol. The number of carbonyl (C=O) groups is 1. The Kier molecular flexibility index (Phi) is 4.65. The molecule has 2 saturated heterocycles. The predicted octanol–water partition coefficient (Wildman–Crippen LogP) is 2.98. The molecule has 1 amide bonds. The molecule has 1 aromatic carbocycles. The Morgan fingerprint density at radius 1 is 1.13 bits per heavy atom. The summed E-state index contributed by atoms with van der Waals surface area (Å²) in [4.78, 5) is 22.1. The maximum Gasteiger partial charge on any atom is 0.274 e. The Hall–Kier alpha value is -2.67. The molecule has 0 saturated carbocycles. The second-order valence-corrected chi connectivity index (χ2v) is 9.17. The summed E-state index contributed by atoms with van der Waals surface area (Å²) in [5, 5.41) is 7.40. The van der Waals surface area contributed by atoms with Crippen LogP contribution in [0.4, 0.5) is 0 Å². The van der Waals surface area contributed by atoms with Crippen LogP contribution in [0.3, 0.4) is 0 Å². The maximum atomic E-state index is 13.1. The molecule has 1 N–H and O–H groups in total. The monoisotopic (exact) mass is 406 g/mol. The van der Waals surface area contributed by atoms with E-state index in [4.69, 9.17) is 0 Å². The van der Waals surface area contributed by atoms with Crippen molar-refractivity contribution in [2.75, 3.05) is 32.7 Å². The van der Waals surface area contributed by atoms with Crippen LogP contribution in [0.15, 0.2) is 24.5 Å². The Morgan fingerprint density at radius 3 is 2.73 bits per heavy atom. The number of hydrogen-bond acceptors (Lipinski definition) is 4. The minimum absolute atomic E-state index is 0.0475. The fourth-order valence-corrected chi connectivity index (χ4v) is 5.08. The third-order valence-electron chi connectivity index (χ3n) is 7.12. The number of H-pyrrole nitrogens is 1. The molecule has 7 nitrogen and oxygen atoms in total. The van der Waals surface area contributed by atoms with Gasteiger partial charge >= 0.3 is 0 Å². The minimum atomic E-state index is 0.0475. The molecule has 158 valence electrons. The van der Waals surface area contributed by atoms with Gasteiger partial charge in [0.25, 0.3) is 5.91 Å². The second kappa shape index (κ2) is 7.23. The molecule has 2 fully saturated rings. The summed E-state index contributed by atoms with van der Waals surface area (Å²) in [5.74, 6) is 0.0475. The molecular formula is C23H30N6O. The van der Waals surface area contributed by atoms with Crippen LogP contribution < -0.4 is 0 Å². The highest BCUT2D eigenvalue weighted by atomic mass is 16.2. The van der Waals surface area contributed by atoms with Gasteiger partial charge in [-0.3, -0.25) is 9.89 Å². The summed E-state index contributed by atoms with van der Waals surface area (Å²) in [6.07, 6.45) is 4.16. The molecule has 1 spiro atoms. The zero-order chi connectivity index (χ0) is 20.9. The zero-order valence-corrected chi connectivity index (χ0v) is 18.1. The number of carbonyl (C=O) groups excluding carboxylic acids is 1. The fourth-order valence-electron chi connectivity index (χ4n) is 5.08. The van der Waals surface area contributed by atoms with Crippen LogP contribution in [0, 0.1) is 19.3 Å². The number of aryl methyl sites for hydroxylation is 2. The van der Waals surface area contributed by atoms with Crippen molar-refractivity contribution >= 4 is 16.9 Å². The average molecular weight is 407 g/mol. The molecule has 2 aliphatic heterocycles. The van der Waals surface area contributed by atoms with E-state index < -0.39 is 0 Å². The first-order valence-corrected chi connectivity index (χ1v) is 10.9. The third kappa shape index (κ3) is 3.31. The topological polar surface area (TPSA) is 70.1 Å². The standard InChI is InChI=1S/C23H30N6O/c1-4-27-7-5-23(13-27)6-8-28(14-23)22(30)20-11-18(25-26-20)12-29-15-24-19-9-16(2)17(3)10-21(19)29/h9-11,15H,4-8,12-14H2,1-3H3,(H,25,26). The molecule has 2 aliphatic rings. The second-order valence-electron chi connectivity index (χ2n) is 9.17. The van der Waals surface area contributed by atoms with E-state index in [0.29, 0.717) is 12.2 Å². The highest BCUT2D eigenvalue weighted by Gasteiger charge is 2.44. The van der Waals surface area contributed by atoms with E-state index in [0.717, 1.165) is 55.9 Å². The number of aromatic nitrogens is 4. The van der Waals surface area contributed by atoms with Crippen LogP contribution in [0.25, 0.3) is 11.0 Å². The van der Waals surface area contributed by atoms with Crippen LogP contribution >= 0.6 is 0 Å². The zero-order valence-electron chi connectivity index (χ0n) is 18.1. The van der Waals surface area contributed by atoms with Crippen LogP contribution in [-0.4, -0.2) is 68.2 Å². The summed E-state index contributed by atoms with van der Waals surface area (Å²) in [7, 11) is 0. The first-order chi connectivity index (χ1) is 14.5. The number of nitrogens with one attached hydrogen (secondary N) is 1. The lowest BCUT2D eigenvalue weighted by Crippen LogP contribution is -2.34. The van der Waals surface area contributed by atoms with Gasteiger partial charge in [0, 0.05) is 25.0 Å². The number of benzene rings is 1. The van der Waals surface area contributed by atoms with E-state index in [9.17, 15) is 4.79 Å². The summed E-state index contributed by atoms with van der Waals surface area (Å²) in [6, 6.07) is 6.19. The number of rotatable bonds is 4. The van der Waals surface area contributed by atoms with Gasteiger partial charge in [0.1, 0.15) is 5.69 Å². The van der Waals surface area contributed by atoms with Gasteiger partial charge < -0.3 is 14.4 Å². The van der Waals surface area contributed by atoms with E-state index in [1.807, 2.05) is 17.3 Å². The molecule has 0 bridgehead atoms. The van der Waals surface area contributed by atoms with Gasteiger partial charge in [0.15, 0.2) is 0 Å². The molecule has 1 unspecified atom stereocenters. The summed E-state index contributed by atoms with van der Waals surface area (Å²) < 4.78 is 2.10. The minimum Gasteiger partial charge on any atom is -0.337 e. The Morgan fingerprint density at radius 2 is 1.93 bits per heavy atom. The Bertz CT molecular complexity index is 1100. The van der Waals surface area contributed by atoms with Gasteiger partial charge in [-0.25, -0.2) is 4.98 Å². The highest BCUT2D eigenvalue weighted by molar-refractivity contribution is 5.92. The van der Waals surface area contributed by atoms with Crippen molar-refractivity contribution in [3.63, 3.8) is 0 Å². The fraction of sp³-hybridized carbons (Fsp3) is 0.522. The molecule has 7 heteroatoms. The van der Waals surface area contributed by atoms with Gasteiger partial charge in [0.05, 0.1) is 29.6 Å². The summed E-state index contributed by atoms with van der Waals surface area (Å²) in [5.41, 5.74) is 6.32. The smallest absolute Gasteiger partial charge is 0.274 e. The van der Waals surface area contributed by atoms with Crippen LogP contribution in [0.5, 0.6) is 0 Å². The number of fused-ring (bicyclic) bond motifs is 1. The molecule has 30 heavy (non-hydrogen) atoms. The van der Waals surface area contributed by atoms with Crippen molar-refractivity contribution in [3.05, 3.63) is 47.0 Å². The average Bonchev–Trinajstić information content (AvgIpc) is 3.52. The summed E-state index contributed by atoms with van der Waals surface area (Å²) >= 11 is 0. The lowest BCUT2D eigenvalue weighted by molar-refractivity contribution is 0.0767. The highest BCUT2D eigenvalue weighted by Crippen LogP contribution is 2.39. The van der Waals surface area contributed by atoms with Crippen molar-refractivity contribution in [2.45, 2.75) is 40.2 Å². The number of likely N-dealkylation sites (tertiary alicyclic amines) is 2. The molecule has 5 rings (SSSR count). The first kappa shape index (κ1) is 19.3. The van der Waals surface area contributed by atoms with Crippen molar-refractivity contribution in [3.8, 4) is 0 Å². The molecule has 0 radical (unpaired) electrons. The van der Waals surface area contributed by atoms with Crippen molar-refractivity contribution in [1.29, 1.82) is 0 Å². The number of imidazole rings is 1. The molecule has 0 aliphatic carbocycles. The third-order valence-corrected chi connectivity index (χ3v) is 7.12. The van der Waals surface area contributed by atoms with Crippen LogP contribution in [0.1, 0.15) is 47.1 Å². The van der Waals surface area contributed by atoms with Crippen molar-refractivity contribution in [1.82, 2.24) is 29.5 Å². The number of amides is 1. The quantitative estimate of drug-likeness (QED) is 0.723. The molecule has 1 atom stereocenters. The van der Waals surface area contributed by atoms with E-state index >= 15 is 0 Å². The van der Waals surface area contributed by atoms with Crippen LogP contribution in [-0.2, 0) is 6.54 Å². The molecule has 4 heterocycles. The van der Waals surface area contributed by atoms with E-state index in [-0.39, 0.29) is 11.3 Å². The van der Waals surface area contributed by atoms with Crippen LogP contribution in [0.2, 0.25) is 0 Å². The molecular weight excluding hydrogens is 376 g/mol. The Balaban J connectivity index is 1.29. The normalized spacial score (nSPS) is 22.0.